The fourth-order valence-electron chi connectivity index (χ4n) is 2.22. The fourth-order valence-corrected chi connectivity index (χ4v) is 2.22. The molecule has 1 saturated heterocycles. The van der Waals surface area contributed by atoms with E-state index in [1.54, 1.807) is 12.5 Å². The molecule has 19 heavy (non-hydrogen) atoms. The van der Waals surface area contributed by atoms with Gasteiger partial charge in [0.25, 0.3) is 0 Å². The maximum Gasteiger partial charge on any atom is 0.224 e. The topological polar surface area (TPSA) is 50.2 Å². The Morgan fingerprint density at radius 3 is 2.68 bits per heavy atom. The number of hydrogen-bond donors (Lipinski definition) is 1. The number of aromatic nitrogens is 2. The lowest BCUT2D eigenvalue weighted by molar-refractivity contribution is -0.132. The van der Waals surface area contributed by atoms with Crippen LogP contribution in [0, 0.1) is 0 Å². The van der Waals surface area contributed by atoms with Gasteiger partial charge in [-0.1, -0.05) is 0 Å². The van der Waals surface area contributed by atoms with Crippen LogP contribution in [0.1, 0.15) is 19.3 Å². The quantitative estimate of drug-likeness (QED) is 0.913. The van der Waals surface area contributed by atoms with Gasteiger partial charge in [0.15, 0.2) is 0 Å². The van der Waals surface area contributed by atoms with Crippen LogP contribution in [-0.4, -0.2) is 46.5 Å². The van der Waals surface area contributed by atoms with Crippen LogP contribution in [0.3, 0.4) is 0 Å². The molecule has 0 unspecified atom stereocenters. The van der Waals surface area contributed by atoms with Crippen molar-refractivity contribution < 1.29 is 4.79 Å². The van der Waals surface area contributed by atoms with Gasteiger partial charge in [-0.05, 0) is 25.9 Å². The summed E-state index contributed by atoms with van der Waals surface area (Å²) in [5, 5.41) is 3.31. The maximum absolute atomic E-state index is 12.0. The van der Waals surface area contributed by atoms with Crippen molar-refractivity contribution in [3.8, 4) is 0 Å². The predicted molar refractivity (Wildman–Crippen MR) is 80.0 cm³/mol. The van der Waals surface area contributed by atoms with Gasteiger partial charge in [-0.3, -0.25) is 4.79 Å². The Morgan fingerprint density at radius 1 is 1.42 bits per heavy atom. The van der Waals surface area contributed by atoms with Gasteiger partial charge in [0.05, 0.1) is 6.33 Å². The third kappa shape index (κ3) is 5.38. The van der Waals surface area contributed by atoms with Crippen molar-refractivity contribution in [2.45, 2.75) is 31.8 Å². The molecule has 7 heteroatoms. The van der Waals surface area contributed by atoms with E-state index < -0.39 is 0 Å². The van der Waals surface area contributed by atoms with Crippen molar-refractivity contribution in [2.75, 3.05) is 20.1 Å². The standard InChI is InChI=1S/C12H20N4O.2ClH/c1-15(11-2-5-13-6-3-11)12(17)4-8-16-9-7-14-10-16;;/h7,9-11,13H,2-6,8H2,1H3;2*1H. The van der Waals surface area contributed by atoms with Gasteiger partial charge < -0.3 is 14.8 Å². The number of rotatable bonds is 4. The molecule has 0 aliphatic carbocycles. The minimum Gasteiger partial charge on any atom is -0.343 e. The first-order chi connectivity index (χ1) is 8.27. The van der Waals surface area contributed by atoms with Crippen LogP contribution in [0.25, 0.3) is 0 Å². The van der Waals surface area contributed by atoms with Crippen molar-refractivity contribution in [2.24, 2.45) is 0 Å². The van der Waals surface area contributed by atoms with Crippen LogP contribution in [0.2, 0.25) is 0 Å². The average molecular weight is 309 g/mol. The number of aryl methyl sites for hydroxylation is 1. The Balaban J connectivity index is 0.00000162. The predicted octanol–water partition coefficient (Wildman–Crippen LogP) is 1.33. The second-order valence-electron chi connectivity index (χ2n) is 4.54. The molecule has 0 atom stereocenters. The molecule has 2 heterocycles. The van der Waals surface area contributed by atoms with Gasteiger partial charge in [0.2, 0.25) is 5.91 Å². The molecule has 0 spiro atoms. The fraction of sp³-hybridized carbons (Fsp3) is 0.667. The number of carbonyl (C=O) groups excluding carboxylic acids is 1. The minimum absolute atomic E-state index is 0. The molecule has 1 fully saturated rings. The smallest absolute Gasteiger partial charge is 0.224 e. The first-order valence-corrected chi connectivity index (χ1v) is 6.19. The molecule has 0 radical (unpaired) electrons. The lowest BCUT2D eigenvalue weighted by Crippen LogP contribution is -2.44. The van der Waals surface area contributed by atoms with Crippen LogP contribution >= 0.6 is 24.8 Å². The van der Waals surface area contributed by atoms with E-state index in [1.807, 2.05) is 22.7 Å². The molecule has 0 bridgehead atoms. The Hall–Kier alpha value is -0.780. The van der Waals surface area contributed by atoms with Crippen molar-refractivity contribution >= 4 is 30.7 Å². The molecule has 0 saturated carbocycles. The lowest BCUT2D eigenvalue weighted by Gasteiger charge is -2.31. The zero-order chi connectivity index (χ0) is 12.1. The Labute approximate surface area is 126 Å². The largest absolute Gasteiger partial charge is 0.343 e. The Kier molecular flexibility index (Phi) is 8.80. The number of carbonyl (C=O) groups is 1. The van der Waals surface area contributed by atoms with Crippen LogP contribution in [0.15, 0.2) is 18.7 Å². The number of halogens is 2. The second kappa shape index (κ2) is 9.18. The molecule has 1 aromatic rings. The van der Waals surface area contributed by atoms with Gasteiger partial charge >= 0.3 is 0 Å². The molecule has 2 rings (SSSR count). The highest BCUT2D eigenvalue weighted by molar-refractivity contribution is 5.85. The lowest BCUT2D eigenvalue weighted by atomic mass is 10.1. The number of nitrogens with zero attached hydrogens (tertiary/aromatic N) is 3. The highest BCUT2D eigenvalue weighted by Crippen LogP contribution is 2.11. The first-order valence-electron chi connectivity index (χ1n) is 6.19. The van der Waals surface area contributed by atoms with E-state index in [0.29, 0.717) is 19.0 Å². The summed E-state index contributed by atoms with van der Waals surface area (Å²) < 4.78 is 1.94. The molecule has 0 aromatic carbocycles. The summed E-state index contributed by atoms with van der Waals surface area (Å²) in [6.45, 7) is 2.75. The summed E-state index contributed by atoms with van der Waals surface area (Å²) in [7, 11) is 1.92. The summed E-state index contributed by atoms with van der Waals surface area (Å²) in [6.07, 6.45) is 8.05. The molecule has 110 valence electrons. The number of nitrogens with one attached hydrogen (secondary N) is 1. The molecule has 1 aliphatic heterocycles. The van der Waals surface area contributed by atoms with Gasteiger partial charge in [-0.2, -0.15) is 0 Å². The van der Waals surface area contributed by atoms with E-state index in [0.717, 1.165) is 25.9 Å². The van der Waals surface area contributed by atoms with Crippen molar-refractivity contribution in [3.63, 3.8) is 0 Å². The van der Waals surface area contributed by atoms with Crippen molar-refractivity contribution in [1.82, 2.24) is 19.8 Å². The maximum atomic E-state index is 12.0. The van der Waals surface area contributed by atoms with Crippen LogP contribution in [-0.2, 0) is 11.3 Å². The molecule has 1 N–H and O–H groups in total. The van der Waals surface area contributed by atoms with Crippen LogP contribution < -0.4 is 5.32 Å². The van der Waals surface area contributed by atoms with Gasteiger partial charge in [0, 0.05) is 38.4 Å². The zero-order valence-electron chi connectivity index (χ0n) is 11.1. The zero-order valence-corrected chi connectivity index (χ0v) is 12.8. The number of imidazole rings is 1. The highest BCUT2D eigenvalue weighted by Gasteiger charge is 2.21. The first kappa shape index (κ1) is 18.2. The van der Waals surface area contributed by atoms with Crippen molar-refractivity contribution in [1.29, 1.82) is 0 Å². The van der Waals surface area contributed by atoms with Crippen LogP contribution in [0.4, 0.5) is 0 Å². The average Bonchev–Trinajstić information content (AvgIpc) is 2.89. The highest BCUT2D eigenvalue weighted by atomic mass is 35.5. The molecular formula is C12H22Cl2N4O. The SMILES string of the molecule is CN(C(=O)CCn1ccnc1)C1CCNCC1.Cl.Cl. The molecule has 1 aliphatic rings. The summed E-state index contributed by atoms with van der Waals surface area (Å²) in [6, 6.07) is 0.409. The summed E-state index contributed by atoms with van der Waals surface area (Å²) in [5.41, 5.74) is 0. The molecule has 1 amide bonds. The third-order valence-electron chi connectivity index (χ3n) is 3.39. The van der Waals surface area contributed by atoms with Gasteiger partial charge in [-0.15, -0.1) is 24.8 Å². The molecule has 5 nitrogen and oxygen atoms in total. The van der Waals surface area contributed by atoms with Crippen molar-refractivity contribution in [3.05, 3.63) is 18.7 Å². The minimum atomic E-state index is 0. The van der Waals surface area contributed by atoms with E-state index in [4.69, 9.17) is 0 Å². The second-order valence-corrected chi connectivity index (χ2v) is 4.54. The van der Waals surface area contributed by atoms with E-state index in [9.17, 15) is 4.79 Å². The monoisotopic (exact) mass is 308 g/mol. The Morgan fingerprint density at radius 2 is 2.11 bits per heavy atom. The summed E-state index contributed by atoms with van der Waals surface area (Å²) >= 11 is 0. The summed E-state index contributed by atoms with van der Waals surface area (Å²) in [5.74, 6) is 0.227. The number of hydrogen-bond acceptors (Lipinski definition) is 3. The normalized spacial score (nSPS) is 15.2. The van der Waals surface area contributed by atoms with E-state index >= 15 is 0 Å². The summed E-state index contributed by atoms with van der Waals surface area (Å²) in [4.78, 5) is 17.9. The number of piperidine rings is 1. The molecule has 1 aromatic heterocycles. The van der Waals surface area contributed by atoms with E-state index in [2.05, 4.69) is 10.3 Å². The van der Waals surface area contributed by atoms with E-state index in [1.165, 1.54) is 0 Å². The van der Waals surface area contributed by atoms with E-state index in [-0.39, 0.29) is 30.7 Å². The van der Waals surface area contributed by atoms with Gasteiger partial charge in [-0.25, -0.2) is 4.98 Å². The Bertz CT molecular complexity index is 353. The number of amides is 1. The molecular weight excluding hydrogens is 287 g/mol. The van der Waals surface area contributed by atoms with Gasteiger partial charge in [0.1, 0.15) is 0 Å². The van der Waals surface area contributed by atoms with Crippen LogP contribution in [0.5, 0.6) is 0 Å². The third-order valence-corrected chi connectivity index (χ3v) is 3.39.